The van der Waals surface area contributed by atoms with Gasteiger partial charge in [0.05, 0.1) is 34.2 Å². The van der Waals surface area contributed by atoms with Crippen LogP contribution >= 0.6 is 0 Å². The van der Waals surface area contributed by atoms with E-state index in [4.69, 9.17) is 9.47 Å². The molecule has 2 aromatic carbocycles. The lowest BCUT2D eigenvalue weighted by Crippen LogP contribution is -2.58. The van der Waals surface area contributed by atoms with Crippen molar-refractivity contribution in [3.05, 3.63) is 79.9 Å². The van der Waals surface area contributed by atoms with Crippen LogP contribution in [0.25, 0.3) is 0 Å². The third-order valence-electron chi connectivity index (χ3n) is 6.75. The number of benzene rings is 2. The number of ether oxygens (including phenoxy) is 2. The van der Waals surface area contributed by atoms with Gasteiger partial charge in [-0.05, 0) is 37.1 Å². The minimum Gasteiger partial charge on any atom is -0.377 e. The van der Waals surface area contributed by atoms with Gasteiger partial charge in [0.1, 0.15) is 16.5 Å². The fourth-order valence-corrected chi connectivity index (χ4v) is 15.5. The first-order valence-corrected chi connectivity index (χ1v) is 20.3. The van der Waals surface area contributed by atoms with Crippen LogP contribution in [0.3, 0.4) is 0 Å². The molecule has 11 heteroatoms. The van der Waals surface area contributed by atoms with Crippen molar-refractivity contribution in [1.29, 1.82) is 0 Å². The van der Waals surface area contributed by atoms with Gasteiger partial charge in [-0.25, -0.2) is 0 Å². The molecular weight excluding hydrogens is 530 g/mol. The quantitative estimate of drug-likeness (QED) is 0.0748. The lowest BCUT2D eigenvalue weighted by atomic mass is 10.2. The number of nitro groups is 2. The highest BCUT2D eigenvalue weighted by atomic mass is 28.4. The highest BCUT2D eigenvalue weighted by Gasteiger charge is 2.30. The molecule has 216 valence electrons. The number of nitrogens with one attached hydrogen (secondary N) is 1. The summed E-state index contributed by atoms with van der Waals surface area (Å²) < 4.78 is 15.5. The topological polar surface area (TPSA) is 117 Å². The molecule has 0 spiro atoms. The molecule has 39 heavy (non-hydrogen) atoms. The Morgan fingerprint density at radius 1 is 0.641 bits per heavy atom. The minimum absolute atomic E-state index is 0.118. The zero-order chi connectivity index (χ0) is 28.7. The van der Waals surface area contributed by atoms with Gasteiger partial charge in [0.15, 0.2) is 0 Å². The van der Waals surface area contributed by atoms with Gasteiger partial charge < -0.3 is 14.1 Å². The van der Waals surface area contributed by atoms with E-state index in [9.17, 15) is 20.2 Å². The Labute approximate surface area is 234 Å². The fraction of sp³-hybridized carbons (Fsp3) is 0.571. The van der Waals surface area contributed by atoms with Crippen LogP contribution in [0, 0.1) is 20.2 Å². The molecule has 0 aliphatic carbocycles. The summed E-state index contributed by atoms with van der Waals surface area (Å²) in [6.07, 6.45) is 6.47. The van der Waals surface area contributed by atoms with Gasteiger partial charge in [-0.1, -0.05) is 76.1 Å². The Bertz CT molecular complexity index is 970. The molecule has 0 amide bonds. The predicted octanol–water partition coefficient (Wildman–Crippen LogP) is 7.58. The van der Waals surface area contributed by atoms with E-state index < -0.39 is 16.5 Å². The van der Waals surface area contributed by atoms with Gasteiger partial charge >= 0.3 is 0 Å². The summed E-state index contributed by atoms with van der Waals surface area (Å²) >= 11 is 0. The van der Waals surface area contributed by atoms with Gasteiger partial charge in [-0.2, -0.15) is 0 Å². The van der Waals surface area contributed by atoms with Crippen molar-refractivity contribution in [2.24, 2.45) is 0 Å². The van der Waals surface area contributed by atoms with Crippen LogP contribution in [0.4, 0.5) is 11.4 Å². The van der Waals surface area contributed by atoms with Crippen molar-refractivity contribution in [2.45, 2.75) is 90.0 Å². The molecule has 0 saturated heterocycles. The molecule has 1 N–H and O–H groups in total. The molecule has 9 nitrogen and oxygen atoms in total. The first-order valence-electron chi connectivity index (χ1n) is 13.9. The molecule has 2 aromatic rings. The first-order chi connectivity index (χ1) is 18.5. The van der Waals surface area contributed by atoms with Crippen molar-refractivity contribution in [1.82, 2.24) is 4.65 Å². The van der Waals surface area contributed by atoms with Crippen LogP contribution in [0.5, 0.6) is 0 Å². The maximum atomic E-state index is 11.1. The smallest absolute Gasteiger partial charge is 0.274 e. The molecule has 0 heterocycles. The third kappa shape index (κ3) is 13.0. The SMILES string of the molecule is C[Si](C)(CCCCCOCc1ccccc1[N+](=O)[O-])N[Si](C)(C)CCCCCOCc1ccccc1[N+](=O)[O-]. The van der Waals surface area contributed by atoms with Gasteiger partial charge in [-0.3, -0.25) is 20.2 Å². The third-order valence-corrected chi connectivity index (χ3v) is 15.4. The van der Waals surface area contributed by atoms with E-state index in [0.717, 1.165) is 25.7 Å². The average molecular weight is 576 g/mol. The maximum absolute atomic E-state index is 11.1. The normalized spacial score (nSPS) is 12.0. The summed E-state index contributed by atoms with van der Waals surface area (Å²) in [5.74, 6) is 0. The molecule has 0 saturated carbocycles. The molecular formula is C28H45N3O6Si2. The minimum atomic E-state index is -1.50. The number of hydrogen-bond donors (Lipinski definition) is 1. The van der Waals surface area contributed by atoms with Crippen LogP contribution in [0.1, 0.15) is 49.7 Å². The van der Waals surface area contributed by atoms with Crippen LogP contribution in [0.2, 0.25) is 38.3 Å². The molecule has 2 rings (SSSR count). The van der Waals surface area contributed by atoms with Crippen LogP contribution in [-0.4, -0.2) is 39.5 Å². The number of rotatable bonds is 20. The van der Waals surface area contributed by atoms with Crippen molar-refractivity contribution < 1.29 is 19.3 Å². The Balaban J connectivity index is 1.55. The largest absolute Gasteiger partial charge is 0.377 e. The monoisotopic (exact) mass is 575 g/mol. The van der Waals surface area contributed by atoms with Crippen molar-refractivity contribution in [3.63, 3.8) is 0 Å². The van der Waals surface area contributed by atoms with E-state index in [1.54, 1.807) is 36.4 Å². The number of para-hydroxylation sites is 2. The lowest BCUT2D eigenvalue weighted by Gasteiger charge is -2.35. The first kappa shape index (κ1) is 32.8. The van der Waals surface area contributed by atoms with E-state index in [1.165, 1.54) is 37.1 Å². The summed E-state index contributed by atoms with van der Waals surface area (Å²) in [7, 11) is -2.99. The van der Waals surface area contributed by atoms with Gasteiger partial charge in [0.25, 0.3) is 11.4 Å². The van der Waals surface area contributed by atoms with Crippen LogP contribution in [-0.2, 0) is 22.7 Å². The molecule has 0 fully saturated rings. The molecule has 0 aliphatic heterocycles. The highest BCUT2D eigenvalue weighted by molar-refractivity contribution is 6.91. The second kappa shape index (κ2) is 16.6. The average Bonchev–Trinajstić information content (AvgIpc) is 2.87. The summed E-state index contributed by atoms with van der Waals surface area (Å²) in [4.78, 5) is 21.5. The number of hydrogen-bond acceptors (Lipinski definition) is 7. The standard InChI is InChI=1S/C28H45N3O6Si2/c1-38(2,21-13-5-11-19-36-23-25-15-7-9-17-27(25)30(32)33)29-39(3,4)22-14-6-12-20-37-24-26-16-8-10-18-28(26)31(34)35/h7-10,15-18,29H,5-6,11-14,19-24H2,1-4H3. The zero-order valence-corrected chi connectivity index (χ0v) is 25.9. The number of unbranched alkanes of at least 4 members (excludes halogenated alkanes) is 4. The van der Waals surface area contributed by atoms with E-state index in [-0.39, 0.29) is 34.4 Å². The van der Waals surface area contributed by atoms with Crippen molar-refractivity contribution in [3.8, 4) is 0 Å². The second-order valence-corrected chi connectivity index (χ2v) is 20.9. The van der Waals surface area contributed by atoms with Crippen LogP contribution < -0.4 is 4.65 Å². The second-order valence-electron chi connectivity index (χ2n) is 11.4. The Hall–Kier alpha value is -2.45. The van der Waals surface area contributed by atoms with Gasteiger partial charge in [0.2, 0.25) is 0 Å². The number of nitro benzene ring substituents is 2. The lowest BCUT2D eigenvalue weighted by molar-refractivity contribution is -0.386. The highest BCUT2D eigenvalue weighted by Crippen LogP contribution is 2.21. The summed E-state index contributed by atoms with van der Waals surface area (Å²) in [5, 5.41) is 22.2. The summed E-state index contributed by atoms with van der Waals surface area (Å²) in [6, 6.07) is 15.9. The Morgan fingerprint density at radius 2 is 1.03 bits per heavy atom. The van der Waals surface area contributed by atoms with Crippen molar-refractivity contribution in [2.75, 3.05) is 13.2 Å². The molecule has 0 bridgehead atoms. The molecule has 0 aliphatic rings. The summed E-state index contributed by atoms with van der Waals surface area (Å²) in [5.41, 5.74) is 1.48. The predicted molar refractivity (Wildman–Crippen MR) is 161 cm³/mol. The van der Waals surface area contributed by atoms with E-state index in [0.29, 0.717) is 24.3 Å². The van der Waals surface area contributed by atoms with Crippen LogP contribution in [0.15, 0.2) is 48.5 Å². The van der Waals surface area contributed by atoms with Gasteiger partial charge in [0, 0.05) is 25.3 Å². The van der Waals surface area contributed by atoms with Crippen molar-refractivity contribution >= 4 is 27.8 Å². The molecule has 0 radical (unpaired) electrons. The zero-order valence-electron chi connectivity index (χ0n) is 23.9. The summed E-state index contributed by atoms with van der Waals surface area (Å²) in [6.45, 7) is 11.5. The van der Waals surface area contributed by atoms with Gasteiger partial charge in [-0.15, -0.1) is 0 Å². The van der Waals surface area contributed by atoms with E-state index in [1.807, 2.05) is 0 Å². The Morgan fingerprint density at radius 3 is 1.41 bits per heavy atom. The fourth-order valence-electron chi connectivity index (χ4n) is 4.92. The molecule has 0 unspecified atom stereocenters. The Kier molecular flexibility index (Phi) is 14.0. The molecule has 0 atom stereocenters. The maximum Gasteiger partial charge on any atom is 0.274 e. The van der Waals surface area contributed by atoms with E-state index in [2.05, 4.69) is 30.8 Å². The van der Waals surface area contributed by atoms with E-state index >= 15 is 0 Å². The number of nitrogens with zero attached hydrogens (tertiary/aromatic N) is 2. The molecule has 0 aromatic heterocycles.